The lowest BCUT2D eigenvalue weighted by Gasteiger charge is -2.41. The Balaban J connectivity index is 2.28. The van der Waals surface area contributed by atoms with Gasteiger partial charge in [0.1, 0.15) is 43.2 Å². The molecular weight excluding hydrogens is 936 g/mol. The quantitative estimate of drug-likeness (QED) is 0.0191. The number of hydrogen-bond donors (Lipinski definition) is 6. The van der Waals surface area contributed by atoms with Crippen LogP contribution in [0.2, 0.25) is 0 Å². The van der Waals surface area contributed by atoms with Gasteiger partial charge in [-0.15, -0.1) is 0 Å². The summed E-state index contributed by atoms with van der Waals surface area (Å²) in [4.78, 5) is 36.0. The maximum atomic E-state index is 12.9. The third kappa shape index (κ3) is 39.3. The Hall–Kier alpha value is -1.15. The molecular formula is C58H113O13P. The molecule has 6 N–H and O–H groups in total. The summed E-state index contributed by atoms with van der Waals surface area (Å²) in [5.41, 5.74) is 0. The molecule has 1 aliphatic rings. The first kappa shape index (κ1) is 68.9. The lowest BCUT2D eigenvalue weighted by atomic mass is 9.85. The van der Waals surface area contributed by atoms with Gasteiger partial charge in [0.15, 0.2) is 6.10 Å². The van der Waals surface area contributed by atoms with E-state index in [1.807, 2.05) is 0 Å². The van der Waals surface area contributed by atoms with Gasteiger partial charge >= 0.3 is 19.8 Å². The fourth-order valence-electron chi connectivity index (χ4n) is 9.88. The second-order valence-corrected chi connectivity index (χ2v) is 23.0. The van der Waals surface area contributed by atoms with Gasteiger partial charge in [-0.05, 0) is 12.8 Å². The normalized spacial score (nSPS) is 20.4. The molecule has 1 fully saturated rings. The summed E-state index contributed by atoms with van der Waals surface area (Å²) in [6.45, 7) is 3.39. The highest BCUT2D eigenvalue weighted by molar-refractivity contribution is 7.47. The van der Waals surface area contributed by atoms with Crippen LogP contribution in [-0.2, 0) is 32.7 Å². The highest BCUT2D eigenvalue weighted by Gasteiger charge is 2.51. The summed E-state index contributed by atoms with van der Waals surface area (Å²) in [7, 11) is -5.12. The van der Waals surface area contributed by atoms with Crippen molar-refractivity contribution >= 4 is 19.8 Å². The van der Waals surface area contributed by atoms with E-state index in [0.717, 1.165) is 38.5 Å². The van der Waals surface area contributed by atoms with Crippen LogP contribution < -0.4 is 0 Å². The zero-order valence-electron chi connectivity index (χ0n) is 46.3. The minimum Gasteiger partial charge on any atom is -0.462 e. The third-order valence-electron chi connectivity index (χ3n) is 14.7. The topological polar surface area (TPSA) is 210 Å². The maximum absolute atomic E-state index is 12.9. The summed E-state index contributed by atoms with van der Waals surface area (Å²) >= 11 is 0. The van der Waals surface area contributed by atoms with Crippen LogP contribution >= 0.6 is 7.82 Å². The summed E-state index contributed by atoms with van der Waals surface area (Å²) in [6, 6.07) is 0. The van der Waals surface area contributed by atoms with Crippen LogP contribution in [0.4, 0.5) is 0 Å². The molecule has 13 nitrogen and oxygen atoms in total. The first-order valence-electron chi connectivity index (χ1n) is 30.3. The Kier molecular flexibility index (Phi) is 46.1. The van der Waals surface area contributed by atoms with E-state index in [-0.39, 0.29) is 12.8 Å². The fraction of sp³-hybridized carbons (Fsp3) is 0.966. The molecule has 6 atom stereocenters. The van der Waals surface area contributed by atoms with Crippen molar-refractivity contribution in [1.82, 2.24) is 0 Å². The number of aliphatic hydroxyl groups is 5. The number of carbonyl (C=O) groups is 2. The van der Waals surface area contributed by atoms with Gasteiger partial charge < -0.3 is 39.9 Å². The van der Waals surface area contributed by atoms with E-state index < -0.39 is 75.7 Å². The first-order valence-corrected chi connectivity index (χ1v) is 31.8. The second kappa shape index (κ2) is 48.2. The highest BCUT2D eigenvalue weighted by atomic mass is 31.2. The van der Waals surface area contributed by atoms with E-state index in [1.54, 1.807) is 0 Å². The van der Waals surface area contributed by atoms with Gasteiger partial charge in [0.25, 0.3) is 0 Å². The van der Waals surface area contributed by atoms with Gasteiger partial charge in [-0.3, -0.25) is 18.6 Å². The van der Waals surface area contributed by atoms with E-state index in [4.69, 9.17) is 18.5 Å². The smallest absolute Gasteiger partial charge is 0.462 e. The zero-order chi connectivity index (χ0) is 52.8. The SMILES string of the molecule is CCCCCCCCCCCCCCCCCCCCCCCCCCC(=O)OC(COC(=O)CCCCCCCCCCCCCCCCCCCCC)COP(=O)(O)OC1C(O)C(O)C(O)C(O)C1O. The van der Waals surface area contributed by atoms with Crippen LogP contribution in [0.3, 0.4) is 0 Å². The van der Waals surface area contributed by atoms with Crippen LogP contribution in [0.25, 0.3) is 0 Å². The van der Waals surface area contributed by atoms with Gasteiger partial charge in [-0.2, -0.15) is 0 Å². The van der Waals surface area contributed by atoms with Crippen molar-refractivity contribution in [2.24, 2.45) is 0 Å². The van der Waals surface area contributed by atoms with Crippen molar-refractivity contribution in [3.63, 3.8) is 0 Å². The zero-order valence-corrected chi connectivity index (χ0v) is 47.2. The number of aliphatic hydroxyl groups excluding tert-OH is 5. The van der Waals surface area contributed by atoms with Crippen LogP contribution in [0.15, 0.2) is 0 Å². The summed E-state index contributed by atoms with van der Waals surface area (Å²) in [5.74, 6) is -1.07. The third-order valence-corrected chi connectivity index (χ3v) is 15.7. The van der Waals surface area contributed by atoms with Gasteiger partial charge in [-0.1, -0.05) is 277 Å². The molecule has 0 spiro atoms. The van der Waals surface area contributed by atoms with Gasteiger partial charge in [-0.25, -0.2) is 4.57 Å². The average molecular weight is 1050 g/mol. The van der Waals surface area contributed by atoms with Gasteiger partial charge in [0.2, 0.25) is 0 Å². The number of unbranched alkanes of at least 4 members (excludes halogenated alkanes) is 41. The fourth-order valence-corrected chi connectivity index (χ4v) is 10.9. The van der Waals surface area contributed by atoms with Crippen molar-refractivity contribution in [2.45, 2.75) is 346 Å². The van der Waals surface area contributed by atoms with Crippen molar-refractivity contribution in [2.75, 3.05) is 13.2 Å². The Morgan fingerprint density at radius 3 is 0.917 bits per heavy atom. The van der Waals surface area contributed by atoms with Crippen LogP contribution in [0.5, 0.6) is 0 Å². The monoisotopic (exact) mass is 1050 g/mol. The lowest BCUT2D eigenvalue weighted by Crippen LogP contribution is -2.64. The van der Waals surface area contributed by atoms with Crippen molar-refractivity contribution < 1.29 is 63.1 Å². The number of phosphoric acid groups is 1. The molecule has 1 rings (SSSR count). The standard InChI is InChI=1S/C58H113O13P/c1-3-5-7-9-11-13-15-17-19-21-23-24-25-26-27-29-31-33-35-37-39-41-43-45-47-52(60)70-50(49-69-72(66,67)71-58-56(64)54(62)53(61)55(63)57(58)65)48-68-51(59)46-44-42-40-38-36-34-32-30-28-22-20-18-16-14-12-10-8-6-4-2/h50,53-58,61-65H,3-49H2,1-2H3,(H,66,67). The Morgan fingerprint density at radius 2 is 0.625 bits per heavy atom. The molecule has 1 aliphatic carbocycles. The molecule has 0 aromatic heterocycles. The van der Waals surface area contributed by atoms with Gasteiger partial charge in [0, 0.05) is 12.8 Å². The number of hydrogen-bond acceptors (Lipinski definition) is 12. The van der Waals surface area contributed by atoms with Crippen LogP contribution in [0.1, 0.15) is 303 Å². The molecule has 72 heavy (non-hydrogen) atoms. The highest BCUT2D eigenvalue weighted by Crippen LogP contribution is 2.47. The minimum atomic E-state index is -5.12. The summed E-state index contributed by atoms with van der Waals surface area (Å²) in [5, 5.41) is 50.4. The van der Waals surface area contributed by atoms with E-state index >= 15 is 0 Å². The number of esters is 2. The maximum Gasteiger partial charge on any atom is 0.472 e. The second-order valence-electron chi connectivity index (χ2n) is 21.6. The molecule has 0 heterocycles. The molecule has 6 unspecified atom stereocenters. The van der Waals surface area contributed by atoms with Crippen molar-refractivity contribution in [3.05, 3.63) is 0 Å². The molecule has 0 saturated heterocycles. The van der Waals surface area contributed by atoms with Crippen molar-refractivity contribution in [1.29, 1.82) is 0 Å². The minimum absolute atomic E-state index is 0.106. The van der Waals surface area contributed by atoms with Crippen LogP contribution in [-0.4, -0.2) is 98.3 Å². The Bertz CT molecular complexity index is 1260. The van der Waals surface area contributed by atoms with E-state index in [9.17, 15) is 44.6 Å². The number of carbonyl (C=O) groups excluding carboxylic acids is 2. The largest absolute Gasteiger partial charge is 0.472 e. The van der Waals surface area contributed by atoms with Crippen LogP contribution in [0, 0.1) is 0 Å². The number of ether oxygens (including phenoxy) is 2. The lowest BCUT2D eigenvalue weighted by molar-refractivity contribution is -0.220. The number of phosphoric ester groups is 1. The Morgan fingerprint density at radius 1 is 0.375 bits per heavy atom. The van der Waals surface area contributed by atoms with E-state index in [2.05, 4.69) is 13.8 Å². The molecule has 0 aromatic rings. The molecule has 0 amide bonds. The van der Waals surface area contributed by atoms with E-state index in [0.29, 0.717) is 12.8 Å². The molecule has 14 heteroatoms. The molecule has 0 aromatic carbocycles. The predicted octanol–water partition coefficient (Wildman–Crippen LogP) is 14.4. The molecule has 0 bridgehead atoms. The number of rotatable bonds is 53. The molecule has 1 saturated carbocycles. The average Bonchev–Trinajstić information content (AvgIpc) is 3.36. The van der Waals surface area contributed by atoms with E-state index in [1.165, 1.54) is 225 Å². The first-order chi connectivity index (χ1) is 34.9. The Labute approximate surface area is 440 Å². The molecule has 0 radical (unpaired) electrons. The summed E-state index contributed by atoms with van der Waals surface area (Å²) in [6.07, 6.45) is 41.5. The predicted molar refractivity (Wildman–Crippen MR) is 291 cm³/mol. The molecule has 0 aliphatic heterocycles. The molecule has 428 valence electrons. The van der Waals surface area contributed by atoms with Crippen molar-refractivity contribution in [3.8, 4) is 0 Å². The summed E-state index contributed by atoms with van der Waals surface area (Å²) < 4.78 is 33.8. The van der Waals surface area contributed by atoms with Gasteiger partial charge in [0.05, 0.1) is 6.61 Å².